The molecule has 0 unspecified atom stereocenters. The van der Waals surface area contributed by atoms with Crippen LogP contribution in [0.5, 0.6) is 0 Å². The highest BCUT2D eigenvalue weighted by Crippen LogP contribution is 2.34. The van der Waals surface area contributed by atoms with E-state index in [0.717, 1.165) is 67.1 Å². The minimum absolute atomic E-state index is 0.160. The van der Waals surface area contributed by atoms with Crippen LogP contribution < -0.4 is 0 Å². The summed E-state index contributed by atoms with van der Waals surface area (Å²) in [6.07, 6.45) is 4.27. The first-order valence-corrected chi connectivity index (χ1v) is 11.0. The smallest absolute Gasteiger partial charge is 0.263 e. The highest BCUT2D eigenvalue weighted by molar-refractivity contribution is 7.14. The molecule has 1 N–H and O–H groups in total. The molecule has 3 aromatic rings. The van der Waals surface area contributed by atoms with Gasteiger partial charge in [0, 0.05) is 30.5 Å². The largest absolute Gasteiger partial charge is 0.373 e. The zero-order chi connectivity index (χ0) is 19.1. The molecule has 5 rings (SSSR count). The van der Waals surface area contributed by atoms with E-state index in [1.54, 1.807) is 11.3 Å². The predicted molar refractivity (Wildman–Crippen MR) is 111 cm³/mol. The van der Waals surface area contributed by atoms with E-state index in [-0.39, 0.29) is 12.0 Å². The Labute approximate surface area is 168 Å². The van der Waals surface area contributed by atoms with Crippen molar-refractivity contribution in [1.29, 1.82) is 0 Å². The third-order valence-corrected chi connectivity index (χ3v) is 7.15. The maximum Gasteiger partial charge on any atom is 0.263 e. The first-order valence-electron chi connectivity index (χ1n) is 10.1. The van der Waals surface area contributed by atoms with Crippen molar-refractivity contribution in [2.24, 2.45) is 0 Å². The third-order valence-electron chi connectivity index (χ3n) is 5.99. The van der Waals surface area contributed by atoms with E-state index in [0.29, 0.717) is 5.92 Å². The van der Waals surface area contributed by atoms with E-state index in [9.17, 15) is 4.79 Å². The molecule has 0 bridgehead atoms. The van der Waals surface area contributed by atoms with Gasteiger partial charge in [0.15, 0.2) is 0 Å². The molecule has 2 aliphatic heterocycles. The van der Waals surface area contributed by atoms with E-state index >= 15 is 0 Å². The lowest BCUT2D eigenvalue weighted by atomic mass is 9.96. The van der Waals surface area contributed by atoms with Crippen LogP contribution in [0.15, 0.2) is 30.3 Å². The number of ether oxygens (including phenoxy) is 1. The number of likely N-dealkylation sites (tertiary alicyclic amines) is 1. The number of rotatable bonds is 3. The number of aryl methyl sites for hydroxylation is 1. The molecule has 0 spiro atoms. The molecule has 28 heavy (non-hydrogen) atoms. The molecular formula is C22H25N3O2S. The van der Waals surface area contributed by atoms with Gasteiger partial charge in [-0.1, -0.05) is 12.1 Å². The van der Waals surface area contributed by atoms with Crippen molar-refractivity contribution >= 4 is 28.3 Å². The number of H-pyrrole nitrogens is 1. The van der Waals surface area contributed by atoms with Crippen LogP contribution in [0.2, 0.25) is 0 Å². The monoisotopic (exact) mass is 395 g/mol. The quantitative estimate of drug-likeness (QED) is 0.693. The number of para-hydroxylation sites is 1. The second kappa shape index (κ2) is 7.33. The highest BCUT2D eigenvalue weighted by Gasteiger charge is 2.28. The summed E-state index contributed by atoms with van der Waals surface area (Å²) in [5.41, 5.74) is 3.37. The van der Waals surface area contributed by atoms with Gasteiger partial charge in [0.05, 0.1) is 22.0 Å². The number of aromatic nitrogens is 2. The van der Waals surface area contributed by atoms with E-state index in [2.05, 4.69) is 36.2 Å². The van der Waals surface area contributed by atoms with E-state index < -0.39 is 0 Å². The van der Waals surface area contributed by atoms with Gasteiger partial charge in [0.1, 0.15) is 5.82 Å². The van der Waals surface area contributed by atoms with Gasteiger partial charge in [-0.3, -0.25) is 4.79 Å². The number of piperidine rings is 1. The first kappa shape index (κ1) is 17.9. The summed E-state index contributed by atoms with van der Waals surface area (Å²) < 4.78 is 5.75. The Balaban J connectivity index is 1.25. The number of aromatic amines is 1. The fourth-order valence-corrected chi connectivity index (χ4v) is 5.40. The number of amides is 1. The summed E-state index contributed by atoms with van der Waals surface area (Å²) in [5, 5.41) is 0. The van der Waals surface area contributed by atoms with Gasteiger partial charge in [-0.2, -0.15) is 0 Å². The van der Waals surface area contributed by atoms with Crippen molar-refractivity contribution in [1.82, 2.24) is 14.9 Å². The van der Waals surface area contributed by atoms with Crippen LogP contribution in [-0.2, 0) is 4.74 Å². The summed E-state index contributed by atoms with van der Waals surface area (Å²) in [4.78, 5) is 25.3. The van der Waals surface area contributed by atoms with Crippen LogP contribution >= 0.6 is 11.3 Å². The average Bonchev–Trinajstić information content (AvgIpc) is 3.47. The lowest BCUT2D eigenvalue weighted by Crippen LogP contribution is -2.37. The number of nitrogens with one attached hydrogen (secondary N) is 1. The number of hydrogen-bond acceptors (Lipinski definition) is 4. The molecular weight excluding hydrogens is 370 g/mol. The molecule has 2 saturated heterocycles. The van der Waals surface area contributed by atoms with Crippen molar-refractivity contribution in [3.8, 4) is 0 Å². The maximum absolute atomic E-state index is 12.9. The van der Waals surface area contributed by atoms with E-state index in [1.807, 2.05) is 11.0 Å². The van der Waals surface area contributed by atoms with Gasteiger partial charge in [0.25, 0.3) is 5.91 Å². The van der Waals surface area contributed by atoms with Gasteiger partial charge in [-0.05, 0) is 56.4 Å². The number of benzene rings is 1. The van der Waals surface area contributed by atoms with Gasteiger partial charge in [-0.15, -0.1) is 11.3 Å². The number of nitrogens with zero attached hydrogens (tertiary/aromatic N) is 2. The molecule has 2 aromatic heterocycles. The van der Waals surface area contributed by atoms with Crippen molar-refractivity contribution < 1.29 is 9.53 Å². The number of thiophene rings is 1. The molecule has 2 fully saturated rings. The van der Waals surface area contributed by atoms with Gasteiger partial charge < -0.3 is 14.6 Å². The SMILES string of the molecule is Cc1cccc2[nH]c(C3CCN(C(=O)c4ccc([C@@H]5CCCO5)s4)CC3)nc12. The number of fused-ring (bicyclic) bond motifs is 1. The Morgan fingerprint density at radius 2 is 2.07 bits per heavy atom. The van der Waals surface area contributed by atoms with Crippen molar-refractivity contribution in [2.45, 2.75) is 44.6 Å². The van der Waals surface area contributed by atoms with Gasteiger partial charge >= 0.3 is 0 Å². The number of hydrogen-bond donors (Lipinski definition) is 1. The van der Waals surface area contributed by atoms with Crippen molar-refractivity contribution in [2.75, 3.05) is 19.7 Å². The Hall–Kier alpha value is -2.18. The number of carbonyl (C=O) groups is 1. The topological polar surface area (TPSA) is 58.2 Å². The molecule has 146 valence electrons. The minimum atomic E-state index is 0.160. The molecule has 1 aromatic carbocycles. The maximum atomic E-state index is 12.9. The van der Waals surface area contributed by atoms with Crippen molar-refractivity contribution in [3.63, 3.8) is 0 Å². The van der Waals surface area contributed by atoms with Crippen LogP contribution in [0.4, 0.5) is 0 Å². The summed E-state index contributed by atoms with van der Waals surface area (Å²) in [6, 6.07) is 10.3. The zero-order valence-corrected chi connectivity index (χ0v) is 16.9. The van der Waals surface area contributed by atoms with E-state index in [1.165, 1.54) is 10.4 Å². The summed E-state index contributed by atoms with van der Waals surface area (Å²) >= 11 is 1.60. The second-order valence-electron chi connectivity index (χ2n) is 7.86. The normalized spacial score (nSPS) is 20.9. The van der Waals surface area contributed by atoms with Crippen LogP contribution in [0, 0.1) is 6.92 Å². The molecule has 4 heterocycles. The van der Waals surface area contributed by atoms with Gasteiger partial charge in [0.2, 0.25) is 0 Å². The fraction of sp³-hybridized carbons (Fsp3) is 0.455. The molecule has 5 nitrogen and oxygen atoms in total. The van der Waals surface area contributed by atoms with E-state index in [4.69, 9.17) is 9.72 Å². The van der Waals surface area contributed by atoms with Crippen LogP contribution in [0.3, 0.4) is 0 Å². The third kappa shape index (κ3) is 3.25. The Morgan fingerprint density at radius 3 is 2.82 bits per heavy atom. The molecule has 0 radical (unpaired) electrons. The lowest BCUT2D eigenvalue weighted by molar-refractivity contribution is 0.0716. The fourth-order valence-electron chi connectivity index (χ4n) is 4.34. The zero-order valence-electron chi connectivity index (χ0n) is 16.1. The first-order chi connectivity index (χ1) is 13.7. The summed E-state index contributed by atoms with van der Waals surface area (Å²) in [5.74, 6) is 1.61. The second-order valence-corrected chi connectivity index (χ2v) is 8.98. The van der Waals surface area contributed by atoms with Gasteiger partial charge in [-0.25, -0.2) is 4.98 Å². The summed E-state index contributed by atoms with van der Waals surface area (Å²) in [6.45, 7) is 4.50. The molecule has 0 aliphatic carbocycles. The molecule has 6 heteroatoms. The van der Waals surface area contributed by atoms with Crippen LogP contribution in [-0.4, -0.2) is 40.5 Å². The predicted octanol–water partition coefficient (Wildman–Crippen LogP) is 4.80. The Bertz CT molecular complexity index is 994. The molecule has 1 amide bonds. The highest BCUT2D eigenvalue weighted by atomic mass is 32.1. The molecule has 2 aliphatic rings. The van der Waals surface area contributed by atoms with Crippen LogP contribution in [0.1, 0.15) is 63.6 Å². The Morgan fingerprint density at radius 1 is 1.21 bits per heavy atom. The summed E-state index contributed by atoms with van der Waals surface area (Å²) in [7, 11) is 0. The lowest BCUT2D eigenvalue weighted by Gasteiger charge is -2.30. The average molecular weight is 396 g/mol. The molecule has 1 atom stereocenters. The number of carbonyl (C=O) groups excluding carboxylic acids is 1. The van der Waals surface area contributed by atoms with Crippen molar-refractivity contribution in [3.05, 3.63) is 51.5 Å². The standard InChI is InChI=1S/C22H25N3O2S/c1-14-4-2-5-16-20(14)24-21(23-16)15-9-11-25(12-10-15)22(26)19-8-7-18(28-19)17-6-3-13-27-17/h2,4-5,7-8,15,17H,3,6,9-13H2,1H3,(H,23,24)/t17-/m0/s1. The molecule has 0 saturated carbocycles. The van der Waals surface area contributed by atoms with Crippen LogP contribution in [0.25, 0.3) is 11.0 Å². The Kier molecular flexibility index (Phi) is 4.69. The minimum Gasteiger partial charge on any atom is -0.373 e. The number of imidazole rings is 1.